The van der Waals surface area contributed by atoms with Crippen molar-refractivity contribution in [2.45, 2.75) is 6.92 Å². The van der Waals surface area contributed by atoms with Crippen LogP contribution in [0.15, 0.2) is 12.2 Å². The third-order valence-electron chi connectivity index (χ3n) is 0.228. The first-order chi connectivity index (χ1) is 3.68. The zero-order valence-electron chi connectivity index (χ0n) is 5.79. The standard InChI is InChI=1S/C4H7Cl.C2H7N/c1-4(2)3-5;1-3-2/h1,3H2,2H3;3H,1-2H3. The molecule has 0 heterocycles. The van der Waals surface area contributed by atoms with Crippen LogP contribution in [0.3, 0.4) is 0 Å². The Bertz CT molecular complexity index is 52.5. The lowest BCUT2D eigenvalue weighted by Crippen LogP contribution is -1.89. The third-order valence-corrected chi connectivity index (χ3v) is 0.684. The Morgan fingerprint density at radius 2 is 1.75 bits per heavy atom. The van der Waals surface area contributed by atoms with Crippen LogP contribution in [0.5, 0.6) is 0 Å². The van der Waals surface area contributed by atoms with E-state index in [1.165, 1.54) is 0 Å². The largest absolute Gasteiger partial charge is 0.323 e. The third kappa shape index (κ3) is 37.7. The van der Waals surface area contributed by atoms with E-state index in [-0.39, 0.29) is 0 Å². The normalized spacial score (nSPS) is 7.00. The molecule has 0 fully saturated rings. The van der Waals surface area contributed by atoms with E-state index in [1.54, 1.807) is 0 Å². The van der Waals surface area contributed by atoms with Crippen LogP contribution in [0.1, 0.15) is 6.92 Å². The van der Waals surface area contributed by atoms with Gasteiger partial charge in [-0.2, -0.15) is 0 Å². The molecule has 0 aromatic rings. The lowest BCUT2D eigenvalue weighted by molar-refractivity contribution is 1.02. The van der Waals surface area contributed by atoms with Gasteiger partial charge in [0.1, 0.15) is 0 Å². The van der Waals surface area contributed by atoms with Crippen molar-refractivity contribution in [2.24, 2.45) is 0 Å². The Morgan fingerprint density at radius 1 is 1.62 bits per heavy atom. The van der Waals surface area contributed by atoms with Crippen LogP contribution in [0.25, 0.3) is 0 Å². The van der Waals surface area contributed by atoms with Gasteiger partial charge >= 0.3 is 0 Å². The fraction of sp³-hybridized carbons (Fsp3) is 0.667. The van der Waals surface area contributed by atoms with E-state index in [2.05, 4.69) is 11.9 Å². The molecule has 8 heavy (non-hydrogen) atoms. The van der Waals surface area contributed by atoms with E-state index in [4.69, 9.17) is 11.6 Å². The van der Waals surface area contributed by atoms with E-state index < -0.39 is 0 Å². The molecular formula is C6H14ClN. The highest BCUT2D eigenvalue weighted by molar-refractivity contribution is 6.19. The maximum Gasteiger partial charge on any atom is 0.0428 e. The van der Waals surface area contributed by atoms with Gasteiger partial charge in [-0.05, 0) is 21.0 Å². The molecule has 1 N–H and O–H groups in total. The van der Waals surface area contributed by atoms with E-state index in [1.807, 2.05) is 21.0 Å². The van der Waals surface area contributed by atoms with Gasteiger partial charge in [0.15, 0.2) is 0 Å². The van der Waals surface area contributed by atoms with Crippen LogP contribution in [0, 0.1) is 0 Å². The first-order valence-corrected chi connectivity index (χ1v) is 3.01. The molecule has 0 atom stereocenters. The fourth-order valence-electron chi connectivity index (χ4n) is 0. The van der Waals surface area contributed by atoms with Crippen LogP contribution in [0.2, 0.25) is 0 Å². The molecule has 0 amide bonds. The van der Waals surface area contributed by atoms with Crippen molar-refractivity contribution in [3.05, 3.63) is 12.2 Å². The second-order valence-corrected chi connectivity index (χ2v) is 1.86. The molecule has 0 unspecified atom stereocenters. The molecule has 0 radical (unpaired) electrons. The van der Waals surface area contributed by atoms with Crippen LogP contribution in [-0.4, -0.2) is 20.0 Å². The number of allylic oxidation sites excluding steroid dienone is 1. The van der Waals surface area contributed by atoms with Gasteiger partial charge in [0.25, 0.3) is 0 Å². The van der Waals surface area contributed by atoms with Gasteiger partial charge in [0.2, 0.25) is 0 Å². The summed E-state index contributed by atoms with van der Waals surface area (Å²) in [7, 11) is 3.75. The highest BCUT2D eigenvalue weighted by atomic mass is 35.5. The Kier molecular flexibility index (Phi) is 13.7. The average molecular weight is 136 g/mol. The quantitative estimate of drug-likeness (QED) is 0.426. The van der Waals surface area contributed by atoms with Crippen LogP contribution >= 0.6 is 11.6 Å². The summed E-state index contributed by atoms with van der Waals surface area (Å²) in [6.45, 7) is 5.44. The Morgan fingerprint density at radius 3 is 1.75 bits per heavy atom. The van der Waals surface area contributed by atoms with Gasteiger partial charge in [0, 0.05) is 5.88 Å². The van der Waals surface area contributed by atoms with Gasteiger partial charge in [-0.15, -0.1) is 11.6 Å². The number of rotatable bonds is 1. The minimum Gasteiger partial charge on any atom is -0.323 e. The number of halogens is 1. The van der Waals surface area contributed by atoms with Crippen molar-refractivity contribution in [3.8, 4) is 0 Å². The van der Waals surface area contributed by atoms with Crippen molar-refractivity contribution >= 4 is 11.6 Å². The predicted molar refractivity (Wildman–Crippen MR) is 40.5 cm³/mol. The summed E-state index contributed by atoms with van der Waals surface area (Å²) in [6.07, 6.45) is 0. The monoisotopic (exact) mass is 135 g/mol. The molecule has 0 bridgehead atoms. The minimum absolute atomic E-state index is 0.583. The molecule has 0 saturated heterocycles. The molecule has 0 aromatic carbocycles. The van der Waals surface area contributed by atoms with Crippen LogP contribution in [-0.2, 0) is 0 Å². The van der Waals surface area contributed by atoms with Gasteiger partial charge < -0.3 is 5.32 Å². The predicted octanol–water partition coefficient (Wildman–Crippen LogP) is 1.64. The highest BCUT2D eigenvalue weighted by Crippen LogP contribution is 1.86. The minimum atomic E-state index is 0.583. The molecule has 0 aliphatic carbocycles. The Labute approximate surface area is 56.7 Å². The number of hydrogen-bond donors (Lipinski definition) is 1. The van der Waals surface area contributed by atoms with E-state index in [0.717, 1.165) is 5.57 Å². The zero-order valence-corrected chi connectivity index (χ0v) is 6.55. The van der Waals surface area contributed by atoms with E-state index in [0.29, 0.717) is 5.88 Å². The molecule has 50 valence electrons. The fourth-order valence-corrected chi connectivity index (χ4v) is 0. The lowest BCUT2D eigenvalue weighted by atomic mass is 10.4. The summed E-state index contributed by atoms with van der Waals surface area (Å²) in [4.78, 5) is 0. The van der Waals surface area contributed by atoms with Crippen LogP contribution < -0.4 is 5.32 Å². The molecule has 1 nitrogen and oxygen atoms in total. The smallest absolute Gasteiger partial charge is 0.0428 e. The molecular weight excluding hydrogens is 122 g/mol. The topological polar surface area (TPSA) is 12.0 Å². The van der Waals surface area contributed by atoms with E-state index >= 15 is 0 Å². The zero-order chi connectivity index (χ0) is 6.99. The average Bonchev–Trinajstić information content (AvgIpc) is 1.69. The molecule has 0 spiro atoms. The second kappa shape index (κ2) is 10.1. The first kappa shape index (κ1) is 10.9. The van der Waals surface area contributed by atoms with Gasteiger partial charge in [-0.25, -0.2) is 0 Å². The molecule has 0 aliphatic heterocycles. The van der Waals surface area contributed by atoms with Gasteiger partial charge in [-0.3, -0.25) is 0 Å². The summed E-state index contributed by atoms with van der Waals surface area (Å²) in [6, 6.07) is 0. The molecule has 0 aliphatic rings. The van der Waals surface area contributed by atoms with Crippen molar-refractivity contribution < 1.29 is 0 Å². The number of nitrogens with one attached hydrogen (secondary N) is 1. The second-order valence-electron chi connectivity index (χ2n) is 1.59. The summed E-state index contributed by atoms with van der Waals surface area (Å²) in [5.41, 5.74) is 1.02. The SMILES string of the molecule is C=C(C)CCl.CNC. The Hall–Kier alpha value is -0.0100. The van der Waals surface area contributed by atoms with Crippen LogP contribution in [0.4, 0.5) is 0 Å². The number of alkyl halides is 1. The molecule has 2 heteroatoms. The highest BCUT2D eigenvalue weighted by Gasteiger charge is 1.70. The molecule has 0 rings (SSSR count). The van der Waals surface area contributed by atoms with Gasteiger partial charge in [-0.1, -0.05) is 12.2 Å². The molecule has 0 saturated carbocycles. The lowest BCUT2D eigenvalue weighted by Gasteiger charge is -1.77. The van der Waals surface area contributed by atoms with E-state index in [9.17, 15) is 0 Å². The van der Waals surface area contributed by atoms with Gasteiger partial charge in [0.05, 0.1) is 0 Å². The summed E-state index contributed by atoms with van der Waals surface area (Å²) in [5, 5.41) is 2.75. The maximum absolute atomic E-state index is 5.24. The number of hydrogen-bond acceptors (Lipinski definition) is 1. The summed E-state index contributed by atoms with van der Waals surface area (Å²) >= 11 is 5.24. The Balaban J connectivity index is 0. The van der Waals surface area contributed by atoms with Crippen molar-refractivity contribution in [3.63, 3.8) is 0 Å². The summed E-state index contributed by atoms with van der Waals surface area (Å²) in [5.74, 6) is 0.583. The maximum atomic E-state index is 5.24. The molecule has 0 aromatic heterocycles. The van der Waals surface area contributed by atoms with Crippen molar-refractivity contribution in [1.82, 2.24) is 5.32 Å². The van der Waals surface area contributed by atoms with Crippen molar-refractivity contribution in [1.29, 1.82) is 0 Å². The first-order valence-electron chi connectivity index (χ1n) is 2.47. The summed E-state index contributed by atoms with van der Waals surface area (Å²) < 4.78 is 0. The van der Waals surface area contributed by atoms with Crippen molar-refractivity contribution in [2.75, 3.05) is 20.0 Å².